The van der Waals surface area contributed by atoms with Gasteiger partial charge in [-0.15, -0.1) is 0 Å². The molecule has 0 bridgehead atoms. The Morgan fingerprint density at radius 1 is 1.33 bits per heavy atom. The highest BCUT2D eigenvalue weighted by Crippen LogP contribution is 2.26. The minimum absolute atomic E-state index is 0.0773. The van der Waals surface area contributed by atoms with E-state index in [1.54, 1.807) is 0 Å². The summed E-state index contributed by atoms with van der Waals surface area (Å²) in [5.41, 5.74) is 3.14. The van der Waals surface area contributed by atoms with Crippen LogP contribution in [-0.2, 0) is 17.6 Å². The van der Waals surface area contributed by atoms with Gasteiger partial charge in [0, 0.05) is 18.5 Å². The van der Waals surface area contributed by atoms with E-state index in [0.717, 1.165) is 35.6 Å². The zero-order valence-corrected chi connectivity index (χ0v) is 14.3. The molecule has 2 aromatic rings. The van der Waals surface area contributed by atoms with Crippen LogP contribution in [0.25, 0.3) is 0 Å². The number of benzene rings is 1. The average Bonchev–Trinajstić information content (AvgIpc) is 2.79. The highest BCUT2D eigenvalue weighted by molar-refractivity contribution is 5.76. The summed E-state index contributed by atoms with van der Waals surface area (Å²) in [4.78, 5) is 12.1. The monoisotopic (exact) mass is 328 g/mol. The minimum atomic E-state index is 0.0773. The van der Waals surface area contributed by atoms with Crippen molar-refractivity contribution in [2.24, 2.45) is 5.92 Å². The Labute approximate surface area is 142 Å². The number of carbonyl (C=O) groups excluding carboxylic acids is 1. The van der Waals surface area contributed by atoms with Gasteiger partial charge in [0.15, 0.2) is 0 Å². The van der Waals surface area contributed by atoms with E-state index in [2.05, 4.69) is 16.5 Å². The molecule has 24 heavy (non-hydrogen) atoms. The smallest absolute Gasteiger partial charge is 0.220 e. The third-order valence-corrected chi connectivity index (χ3v) is 4.64. The van der Waals surface area contributed by atoms with Crippen LogP contribution in [0.1, 0.15) is 35.4 Å². The van der Waals surface area contributed by atoms with Crippen LogP contribution in [0.15, 0.2) is 28.8 Å². The first-order chi connectivity index (χ1) is 11.6. The first kappa shape index (κ1) is 16.6. The molecule has 2 heterocycles. The van der Waals surface area contributed by atoms with Crippen LogP contribution in [0.5, 0.6) is 5.75 Å². The SMILES string of the molecule is Cc1noc(C)c1CCC(=O)NC[C@H]1CCOc2ccccc2C1. The number of nitrogens with one attached hydrogen (secondary N) is 1. The minimum Gasteiger partial charge on any atom is -0.493 e. The van der Waals surface area contributed by atoms with Crippen LogP contribution in [0.3, 0.4) is 0 Å². The Hall–Kier alpha value is -2.30. The Kier molecular flexibility index (Phi) is 5.18. The normalized spacial score (nSPS) is 16.8. The predicted molar refractivity (Wildman–Crippen MR) is 91.1 cm³/mol. The van der Waals surface area contributed by atoms with Gasteiger partial charge >= 0.3 is 0 Å². The summed E-state index contributed by atoms with van der Waals surface area (Å²) >= 11 is 0. The lowest BCUT2D eigenvalue weighted by atomic mass is 9.97. The lowest BCUT2D eigenvalue weighted by Crippen LogP contribution is -2.30. The number of fused-ring (bicyclic) bond motifs is 1. The largest absolute Gasteiger partial charge is 0.493 e. The highest BCUT2D eigenvalue weighted by Gasteiger charge is 2.18. The number of para-hydroxylation sites is 1. The first-order valence-electron chi connectivity index (χ1n) is 8.52. The van der Waals surface area contributed by atoms with Crippen molar-refractivity contribution in [3.8, 4) is 5.75 Å². The number of aryl methyl sites for hydroxylation is 2. The number of carbonyl (C=O) groups is 1. The molecule has 0 fully saturated rings. The summed E-state index contributed by atoms with van der Waals surface area (Å²) in [6.07, 6.45) is 3.03. The molecule has 1 N–H and O–H groups in total. The maximum atomic E-state index is 12.1. The fraction of sp³-hybridized carbons (Fsp3) is 0.474. The molecule has 1 aromatic carbocycles. The third-order valence-electron chi connectivity index (χ3n) is 4.64. The van der Waals surface area contributed by atoms with E-state index < -0.39 is 0 Å². The van der Waals surface area contributed by atoms with Crippen LogP contribution in [0.4, 0.5) is 0 Å². The van der Waals surface area contributed by atoms with Gasteiger partial charge < -0.3 is 14.6 Å². The van der Waals surface area contributed by atoms with Crippen molar-refractivity contribution in [1.82, 2.24) is 10.5 Å². The standard InChI is InChI=1S/C19H24N2O3/c1-13-17(14(2)24-21-13)7-8-19(22)20-12-15-9-10-23-18-6-4-3-5-16(18)11-15/h3-6,15H,7-12H2,1-2H3,(H,20,22)/t15-/m0/s1. The van der Waals surface area contributed by atoms with Gasteiger partial charge in [-0.25, -0.2) is 0 Å². The van der Waals surface area contributed by atoms with Crippen molar-refractivity contribution in [2.45, 2.75) is 39.5 Å². The predicted octanol–water partition coefficient (Wildman–Crippen LogP) is 2.98. The number of aromatic nitrogens is 1. The molecule has 1 aliphatic heterocycles. The average molecular weight is 328 g/mol. The van der Waals surface area contributed by atoms with E-state index in [0.29, 0.717) is 31.9 Å². The molecule has 0 aliphatic carbocycles. The molecular weight excluding hydrogens is 304 g/mol. The molecule has 0 saturated heterocycles. The number of nitrogens with zero attached hydrogens (tertiary/aromatic N) is 1. The summed E-state index contributed by atoms with van der Waals surface area (Å²) in [6.45, 7) is 5.19. The van der Waals surface area contributed by atoms with Gasteiger partial charge in [-0.1, -0.05) is 23.4 Å². The van der Waals surface area contributed by atoms with E-state index in [9.17, 15) is 4.79 Å². The number of hydrogen-bond donors (Lipinski definition) is 1. The molecule has 0 saturated carbocycles. The summed E-state index contributed by atoms with van der Waals surface area (Å²) < 4.78 is 10.9. The highest BCUT2D eigenvalue weighted by atomic mass is 16.5. The Balaban J connectivity index is 1.48. The van der Waals surface area contributed by atoms with Gasteiger partial charge in [-0.3, -0.25) is 4.79 Å². The second kappa shape index (κ2) is 7.51. The van der Waals surface area contributed by atoms with Gasteiger partial charge in [0.25, 0.3) is 0 Å². The molecule has 128 valence electrons. The number of amides is 1. The molecule has 3 rings (SSSR count). The Bertz CT molecular complexity index is 689. The molecular formula is C19H24N2O3. The second-order valence-electron chi connectivity index (χ2n) is 6.42. The molecule has 0 unspecified atom stereocenters. The maximum absolute atomic E-state index is 12.1. The van der Waals surface area contributed by atoms with Crippen LogP contribution in [-0.4, -0.2) is 24.2 Å². The molecule has 1 aliphatic rings. The van der Waals surface area contributed by atoms with Crippen molar-refractivity contribution in [2.75, 3.05) is 13.2 Å². The van der Waals surface area contributed by atoms with E-state index in [-0.39, 0.29) is 5.91 Å². The number of hydrogen-bond acceptors (Lipinski definition) is 4. The fourth-order valence-corrected chi connectivity index (χ4v) is 3.18. The number of rotatable bonds is 5. The van der Waals surface area contributed by atoms with Crippen LogP contribution in [0.2, 0.25) is 0 Å². The van der Waals surface area contributed by atoms with Gasteiger partial charge in [0.1, 0.15) is 11.5 Å². The topological polar surface area (TPSA) is 64.4 Å². The molecule has 1 atom stereocenters. The van der Waals surface area contributed by atoms with Crippen molar-refractivity contribution in [3.63, 3.8) is 0 Å². The molecule has 1 aromatic heterocycles. The summed E-state index contributed by atoms with van der Waals surface area (Å²) in [7, 11) is 0. The molecule has 0 radical (unpaired) electrons. The van der Waals surface area contributed by atoms with Crippen molar-refractivity contribution in [1.29, 1.82) is 0 Å². The quantitative estimate of drug-likeness (QED) is 0.916. The zero-order chi connectivity index (χ0) is 16.9. The summed E-state index contributed by atoms with van der Waals surface area (Å²) in [6, 6.07) is 8.15. The van der Waals surface area contributed by atoms with Gasteiger partial charge in [-0.05, 0) is 50.7 Å². The first-order valence-corrected chi connectivity index (χ1v) is 8.52. The molecule has 5 heteroatoms. The van der Waals surface area contributed by atoms with Gasteiger partial charge in [-0.2, -0.15) is 0 Å². The van der Waals surface area contributed by atoms with Crippen LogP contribution >= 0.6 is 0 Å². The maximum Gasteiger partial charge on any atom is 0.220 e. The van der Waals surface area contributed by atoms with E-state index in [1.807, 2.05) is 32.0 Å². The van der Waals surface area contributed by atoms with E-state index in [1.165, 1.54) is 5.56 Å². The Morgan fingerprint density at radius 3 is 2.96 bits per heavy atom. The van der Waals surface area contributed by atoms with Crippen LogP contribution in [0, 0.1) is 19.8 Å². The molecule has 1 amide bonds. The fourth-order valence-electron chi connectivity index (χ4n) is 3.18. The van der Waals surface area contributed by atoms with Crippen LogP contribution < -0.4 is 10.1 Å². The van der Waals surface area contributed by atoms with E-state index in [4.69, 9.17) is 9.26 Å². The summed E-state index contributed by atoms with van der Waals surface area (Å²) in [5, 5.41) is 6.99. The van der Waals surface area contributed by atoms with E-state index >= 15 is 0 Å². The number of ether oxygens (including phenoxy) is 1. The van der Waals surface area contributed by atoms with Crippen molar-refractivity contribution in [3.05, 3.63) is 46.8 Å². The zero-order valence-electron chi connectivity index (χ0n) is 14.3. The second-order valence-corrected chi connectivity index (χ2v) is 6.42. The van der Waals surface area contributed by atoms with Gasteiger partial charge in [0.05, 0.1) is 12.3 Å². The van der Waals surface area contributed by atoms with Crippen molar-refractivity contribution < 1.29 is 14.1 Å². The molecule has 5 nitrogen and oxygen atoms in total. The summed E-state index contributed by atoms with van der Waals surface area (Å²) in [5.74, 6) is 2.27. The van der Waals surface area contributed by atoms with Crippen molar-refractivity contribution >= 4 is 5.91 Å². The Morgan fingerprint density at radius 2 is 2.17 bits per heavy atom. The molecule has 0 spiro atoms. The lowest BCUT2D eigenvalue weighted by molar-refractivity contribution is -0.121. The lowest BCUT2D eigenvalue weighted by Gasteiger charge is -2.14. The van der Waals surface area contributed by atoms with Gasteiger partial charge in [0.2, 0.25) is 5.91 Å². The third kappa shape index (κ3) is 3.96.